The fraction of sp³-hybridized carbons (Fsp3) is 0.0455. The van der Waals surface area contributed by atoms with Crippen molar-refractivity contribution in [2.75, 3.05) is 0 Å². The summed E-state index contributed by atoms with van der Waals surface area (Å²) in [6.45, 7) is 0.237. The van der Waals surface area contributed by atoms with Gasteiger partial charge in [-0.05, 0) is 42.5 Å². The number of nitrogens with zero attached hydrogens (tertiary/aromatic N) is 2. The first kappa shape index (κ1) is 19.4. The predicted octanol–water partition coefficient (Wildman–Crippen LogP) is 7.58. The maximum atomic E-state index is 14.4. The van der Waals surface area contributed by atoms with E-state index in [4.69, 9.17) is 16.7 Å². The monoisotopic (exact) mass is 518 g/mol. The Morgan fingerprint density at radius 1 is 0.857 bits per heavy atom. The summed E-state index contributed by atoms with van der Waals surface area (Å²) in [5, 5.41) is 5.15. The zero-order valence-corrected chi connectivity index (χ0v) is 18.5. The quantitative estimate of drug-likeness (QED) is 0.271. The van der Waals surface area contributed by atoms with Crippen molar-refractivity contribution in [3.05, 3.63) is 98.1 Å². The van der Waals surface area contributed by atoms with E-state index in [1.54, 1.807) is 16.8 Å². The van der Waals surface area contributed by atoms with Gasteiger partial charge in [0, 0.05) is 30.7 Å². The van der Waals surface area contributed by atoms with Crippen LogP contribution >= 0.6 is 43.5 Å². The van der Waals surface area contributed by atoms with Gasteiger partial charge in [0.15, 0.2) is 0 Å². The van der Waals surface area contributed by atoms with Crippen LogP contribution in [0.4, 0.5) is 4.39 Å². The Hall–Kier alpha value is -1.95. The topological polar surface area (TPSA) is 17.8 Å². The Kier molecular flexibility index (Phi) is 5.67. The maximum absolute atomic E-state index is 14.4. The number of benzene rings is 3. The van der Waals surface area contributed by atoms with Crippen molar-refractivity contribution in [2.24, 2.45) is 0 Å². The molecule has 0 radical (unpaired) electrons. The molecule has 0 N–H and O–H groups in total. The van der Waals surface area contributed by atoms with Crippen LogP contribution in [0.25, 0.3) is 22.5 Å². The van der Waals surface area contributed by atoms with E-state index in [1.807, 2.05) is 54.6 Å². The lowest BCUT2D eigenvalue weighted by molar-refractivity contribution is 0.587. The van der Waals surface area contributed by atoms with Gasteiger partial charge in [0.1, 0.15) is 5.82 Å². The van der Waals surface area contributed by atoms with Gasteiger partial charge >= 0.3 is 0 Å². The summed E-state index contributed by atoms with van der Waals surface area (Å²) in [4.78, 5) is 0. The Morgan fingerprint density at radius 3 is 2.18 bits per heavy atom. The molecule has 4 rings (SSSR count). The predicted molar refractivity (Wildman–Crippen MR) is 119 cm³/mol. The molecular weight excluding hydrogens is 507 g/mol. The lowest BCUT2D eigenvalue weighted by Crippen LogP contribution is -2.06. The van der Waals surface area contributed by atoms with Gasteiger partial charge in [-0.2, -0.15) is 5.10 Å². The van der Waals surface area contributed by atoms with Crippen molar-refractivity contribution < 1.29 is 4.39 Å². The molecule has 1 aromatic heterocycles. The van der Waals surface area contributed by atoms with Gasteiger partial charge in [0.25, 0.3) is 0 Å². The molecule has 0 unspecified atom stereocenters. The third-order valence-corrected chi connectivity index (χ3v) is 5.73. The van der Waals surface area contributed by atoms with Crippen molar-refractivity contribution in [1.82, 2.24) is 9.78 Å². The second-order valence-corrected chi connectivity index (χ2v) is 8.53. The molecule has 0 aliphatic heterocycles. The van der Waals surface area contributed by atoms with Gasteiger partial charge in [0.2, 0.25) is 0 Å². The minimum atomic E-state index is -0.341. The molecule has 3 aromatic carbocycles. The molecule has 4 aromatic rings. The second-order valence-electron chi connectivity index (χ2n) is 6.29. The summed E-state index contributed by atoms with van der Waals surface area (Å²) in [6.07, 6.45) is 0. The average molecular weight is 521 g/mol. The van der Waals surface area contributed by atoms with Crippen molar-refractivity contribution >= 4 is 43.5 Å². The Morgan fingerprint density at radius 2 is 1.50 bits per heavy atom. The molecule has 0 spiro atoms. The molecule has 0 atom stereocenters. The standard InChI is InChI=1S/C22H14Br2ClFN2/c23-16-6-1-4-14(10-16)21-12-22(15-5-2-7-17(24)11-15)28(27-21)13-18-19(25)8-3-9-20(18)26/h1-12H,13H2. The summed E-state index contributed by atoms with van der Waals surface area (Å²) in [5.41, 5.74) is 4.07. The highest BCUT2D eigenvalue weighted by atomic mass is 79.9. The molecule has 1 heterocycles. The van der Waals surface area contributed by atoms with E-state index in [0.29, 0.717) is 10.6 Å². The van der Waals surface area contributed by atoms with Crippen molar-refractivity contribution in [2.45, 2.75) is 6.54 Å². The molecule has 6 heteroatoms. The lowest BCUT2D eigenvalue weighted by atomic mass is 10.1. The zero-order valence-electron chi connectivity index (χ0n) is 14.5. The van der Waals surface area contributed by atoms with Gasteiger partial charge in [-0.25, -0.2) is 4.39 Å². The van der Waals surface area contributed by atoms with Crippen LogP contribution < -0.4 is 0 Å². The molecule has 0 aliphatic carbocycles. The van der Waals surface area contributed by atoms with Crippen LogP contribution in [0, 0.1) is 5.82 Å². The third kappa shape index (κ3) is 4.07. The fourth-order valence-electron chi connectivity index (χ4n) is 3.04. The molecule has 0 bridgehead atoms. The molecule has 140 valence electrons. The highest BCUT2D eigenvalue weighted by Crippen LogP contribution is 2.31. The van der Waals surface area contributed by atoms with Crippen LogP contribution in [-0.2, 0) is 6.54 Å². The van der Waals surface area contributed by atoms with Gasteiger partial charge in [-0.15, -0.1) is 0 Å². The molecule has 2 nitrogen and oxygen atoms in total. The molecule has 0 fully saturated rings. The summed E-state index contributed by atoms with van der Waals surface area (Å²) in [5.74, 6) is -0.341. The van der Waals surface area contributed by atoms with Gasteiger partial charge in [0.05, 0.1) is 17.9 Å². The van der Waals surface area contributed by atoms with Crippen LogP contribution in [0.5, 0.6) is 0 Å². The van der Waals surface area contributed by atoms with Crippen molar-refractivity contribution in [3.8, 4) is 22.5 Å². The van der Waals surface area contributed by atoms with Gasteiger partial charge in [-0.3, -0.25) is 4.68 Å². The number of aromatic nitrogens is 2. The molecule has 0 saturated carbocycles. The van der Waals surface area contributed by atoms with Gasteiger partial charge < -0.3 is 0 Å². The van der Waals surface area contributed by atoms with E-state index < -0.39 is 0 Å². The maximum Gasteiger partial charge on any atom is 0.129 e. The van der Waals surface area contributed by atoms with E-state index in [9.17, 15) is 4.39 Å². The smallest absolute Gasteiger partial charge is 0.129 e. The highest BCUT2D eigenvalue weighted by molar-refractivity contribution is 9.10. The van der Waals surface area contributed by atoms with Crippen LogP contribution in [0.15, 0.2) is 81.7 Å². The van der Waals surface area contributed by atoms with Crippen molar-refractivity contribution in [1.29, 1.82) is 0 Å². The normalized spacial score (nSPS) is 11.0. The Bertz CT molecular complexity index is 1140. The average Bonchev–Trinajstić information content (AvgIpc) is 3.09. The van der Waals surface area contributed by atoms with E-state index in [-0.39, 0.29) is 12.4 Å². The molecule has 0 amide bonds. The SMILES string of the molecule is Fc1cccc(Cl)c1Cn1nc(-c2cccc(Br)c2)cc1-c1cccc(Br)c1. The van der Waals surface area contributed by atoms with Crippen LogP contribution in [0.1, 0.15) is 5.56 Å². The Labute approximate surface area is 184 Å². The number of halogens is 4. The zero-order chi connectivity index (χ0) is 19.7. The molecule has 0 saturated heterocycles. The molecule has 28 heavy (non-hydrogen) atoms. The first-order valence-electron chi connectivity index (χ1n) is 8.54. The first-order valence-corrected chi connectivity index (χ1v) is 10.5. The van der Waals surface area contributed by atoms with E-state index in [0.717, 1.165) is 31.5 Å². The lowest BCUT2D eigenvalue weighted by Gasteiger charge is -2.10. The summed E-state index contributed by atoms with van der Waals surface area (Å²) in [6, 6.07) is 22.6. The minimum absolute atomic E-state index is 0.237. The van der Waals surface area contributed by atoms with Crippen LogP contribution in [0.2, 0.25) is 5.02 Å². The molecular formula is C22H14Br2ClFN2. The van der Waals surface area contributed by atoms with E-state index in [1.165, 1.54) is 6.07 Å². The summed E-state index contributed by atoms with van der Waals surface area (Å²) >= 11 is 13.3. The van der Waals surface area contributed by atoms with Crippen LogP contribution in [0.3, 0.4) is 0 Å². The van der Waals surface area contributed by atoms with Crippen molar-refractivity contribution in [3.63, 3.8) is 0 Å². The van der Waals surface area contributed by atoms with E-state index in [2.05, 4.69) is 31.9 Å². The summed E-state index contributed by atoms with van der Waals surface area (Å²) < 4.78 is 18.1. The third-order valence-electron chi connectivity index (χ3n) is 4.39. The van der Waals surface area contributed by atoms with E-state index >= 15 is 0 Å². The summed E-state index contributed by atoms with van der Waals surface area (Å²) in [7, 11) is 0. The highest BCUT2D eigenvalue weighted by Gasteiger charge is 2.15. The number of hydrogen-bond acceptors (Lipinski definition) is 1. The van der Waals surface area contributed by atoms with Gasteiger partial charge in [-0.1, -0.05) is 73.8 Å². The fourth-order valence-corrected chi connectivity index (χ4v) is 4.06. The number of rotatable bonds is 4. The van der Waals surface area contributed by atoms with Crippen LogP contribution in [-0.4, -0.2) is 9.78 Å². The number of hydrogen-bond donors (Lipinski definition) is 0. The Balaban J connectivity index is 1.86. The minimum Gasteiger partial charge on any atom is -0.260 e. The first-order chi connectivity index (χ1) is 13.5. The molecule has 0 aliphatic rings. The second kappa shape index (κ2) is 8.19. The largest absolute Gasteiger partial charge is 0.260 e.